The summed E-state index contributed by atoms with van der Waals surface area (Å²) in [6.07, 6.45) is 0.242. The predicted molar refractivity (Wildman–Crippen MR) is 102 cm³/mol. The second-order valence-corrected chi connectivity index (χ2v) is 7.58. The third-order valence-electron chi connectivity index (χ3n) is 4.20. The number of thiophene rings is 1. The second kappa shape index (κ2) is 7.29. The standard InChI is InChI=1S/C19H21N3O3S/c1-11(2)16-13-10-15(26-18(13)22(3)21-16)17(23)20-14(19(24)25)9-12-7-5-4-6-8-12/h4-8,10-11,14H,9H2,1-3H3,(H,20,23)(H,24,25). The van der Waals surface area contributed by atoms with Crippen LogP contribution in [0.15, 0.2) is 36.4 Å². The summed E-state index contributed by atoms with van der Waals surface area (Å²) < 4.78 is 1.77. The van der Waals surface area contributed by atoms with Crippen LogP contribution in [0.25, 0.3) is 10.2 Å². The van der Waals surface area contributed by atoms with Crippen LogP contribution in [0, 0.1) is 0 Å². The zero-order chi connectivity index (χ0) is 18.8. The third kappa shape index (κ3) is 3.62. The number of aryl methyl sites for hydroxylation is 1. The molecule has 1 amide bonds. The summed E-state index contributed by atoms with van der Waals surface area (Å²) >= 11 is 1.33. The van der Waals surface area contributed by atoms with Gasteiger partial charge in [0.25, 0.3) is 5.91 Å². The lowest BCUT2D eigenvalue weighted by molar-refractivity contribution is -0.139. The number of hydrogen-bond donors (Lipinski definition) is 2. The van der Waals surface area contributed by atoms with Crippen LogP contribution in [-0.2, 0) is 18.3 Å². The van der Waals surface area contributed by atoms with Gasteiger partial charge in [0.15, 0.2) is 0 Å². The van der Waals surface area contributed by atoms with Crippen molar-refractivity contribution in [2.45, 2.75) is 32.2 Å². The number of aliphatic carboxylic acids is 1. The van der Waals surface area contributed by atoms with Gasteiger partial charge in [-0.2, -0.15) is 5.10 Å². The Morgan fingerprint density at radius 2 is 1.96 bits per heavy atom. The number of nitrogens with zero attached hydrogens (tertiary/aromatic N) is 2. The van der Waals surface area contributed by atoms with E-state index in [1.165, 1.54) is 11.3 Å². The van der Waals surface area contributed by atoms with Crippen LogP contribution >= 0.6 is 11.3 Å². The molecule has 1 aromatic carbocycles. The molecule has 1 atom stereocenters. The van der Waals surface area contributed by atoms with Gasteiger partial charge in [-0.1, -0.05) is 44.2 Å². The van der Waals surface area contributed by atoms with Crippen molar-refractivity contribution in [1.82, 2.24) is 15.1 Å². The number of hydrogen-bond acceptors (Lipinski definition) is 4. The lowest BCUT2D eigenvalue weighted by atomic mass is 10.1. The maximum absolute atomic E-state index is 12.6. The molecule has 0 fully saturated rings. The monoisotopic (exact) mass is 371 g/mol. The van der Waals surface area contributed by atoms with Gasteiger partial charge in [0.05, 0.1) is 10.6 Å². The first-order valence-corrected chi connectivity index (χ1v) is 9.22. The highest BCUT2D eigenvalue weighted by Gasteiger charge is 2.24. The topological polar surface area (TPSA) is 84.2 Å². The van der Waals surface area contributed by atoms with Crippen LogP contribution < -0.4 is 5.32 Å². The molecule has 6 nitrogen and oxygen atoms in total. The van der Waals surface area contributed by atoms with E-state index in [4.69, 9.17) is 0 Å². The number of carboxylic acid groups (broad SMARTS) is 1. The Labute approximate surface area is 155 Å². The second-order valence-electron chi connectivity index (χ2n) is 6.55. The number of carbonyl (C=O) groups is 2. The van der Waals surface area contributed by atoms with Crippen molar-refractivity contribution >= 4 is 33.4 Å². The molecule has 2 heterocycles. The Morgan fingerprint density at radius 3 is 2.58 bits per heavy atom. The first kappa shape index (κ1) is 18.1. The van der Waals surface area contributed by atoms with Gasteiger partial charge >= 0.3 is 5.97 Å². The van der Waals surface area contributed by atoms with Crippen LogP contribution in [-0.4, -0.2) is 32.8 Å². The van der Waals surface area contributed by atoms with E-state index in [1.54, 1.807) is 10.7 Å². The lowest BCUT2D eigenvalue weighted by Crippen LogP contribution is -2.42. The van der Waals surface area contributed by atoms with Crippen LogP contribution in [0.1, 0.15) is 40.7 Å². The van der Waals surface area contributed by atoms with Gasteiger partial charge in [-0.05, 0) is 17.5 Å². The Balaban J connectivity index is 1.82. The summed E-state index contributed by atoms with van der Waals surface area (Å²) in [5.41, 5.74) is 1.81. The molecule has 0 bridgehead atoms. The van der Waals surface area contributed by atoms with Crippen LogP contribution in [0.2, 0.25) is 0 Å². The molecule has 0 aliphatic heterocycles. The van der Waals surface area contributed by atoms with Crippen molar-refractivity contribution in [1.29, 1.82) is 0 Å². The Hall–Kier alpha value is -2.67. The quantitative estimate of drug-likeness (QED) is 0.697. The maximum atomic E-state index is 12.6. The first-order chi connectivity index (χ1) is 12.4. The van der Waals surface area contributed by atoms with Crippen LogP contribution in [0.3, 0.4) is 0 Å². The Morgan fingerprint density at radius 1 is 1.27 bits per heavy atom. The zero-order valence-corrected chi connectivity index (χ0v) is 15.7. The summed E-state index contributed by atoms with van der Waals surface area (Å²) in [6.45, 7) is 4.11. The summed E-state index contributed by atoms with van der Waals surface area (Å²) in [5.74, 6) is -1.17. The van der Waals surface area contributed by atoms with Crippen molar-refractivity contribution in [2.75, 3.05) is 0 Å². The third-order valence-corrected chi connectivity index (χ3v) is 5.40. The lowest BCUT2D eigenvalue weighted by Gasteiger charge is -2.14. The molecule has 26 heavy (non-hydrogen) atoms. The normalized spacial score (nSPS) is 12.5. The van der Waals surface area contributed by atoms with E-state index in [0.717, 1.165) is 21.5 Å². The number of aromatic nitrogens is 2. The van der Waals surface area contributed by atoms with Crippen molar-refractivity contribution in [3.8, 4) is 0 Å². The smallest absolute Gasteiger partial charge is 0.326 e. The van der Waals surface area contributed by atoms with Gasteiger partial charge in [-0.15, -0.1) is 11.3 Å². The SMILES string of the molecule is CC(C)c1nn(C)c2sc(C(=O)NC(Cc3ccccc3)C(=O)O)cc12. The minimum absolute atomic E-state index is 0.242. The minimum atomic E-state index is -1.05. The fourth-order valence-corrected chi connectivity index (χ4v) is 3.87. The summed E-state index contributed by atoms with van der Waals surface area (Å²) in [7, 11) is 1.85. The number of amides is 1. The van der Waals surface area contributed by atoms with Gasteiger partial charge in [0, 0.05) is 18.9 Å². The highest BCUT2D eigenvalue weighted by Crippen LogP contribution is 2.31. The average Bonchev–Trinajstić information content (AvgIpc) is 3.16. The number of benzene rings is 1. The van der Waals surface area contributed by atoms with Crippen LogP contribution in [0.4, 0.5) is 0 Å². The van der Waals surface area contributed by atoms with E-state index in [9.17, 15) is 14.7 Å². The van der Waals surface area contributed by atoms with Crippen molar-refractivity contribution < 1.29 is 14.7 Å². The molecule has 2 aromatic heterocycles. The molecule has 0 saturated carbocycles. The van der Waals surface area contributed by atoms with Gasteiger partial charge in [-0.25, -0.2) is 4.79 Å². The zero-order valence-electron chi connectivity index (χ0n) is 14.9. The minimum Gasteiger partial charge on any atom is -0.480 e. The molecule has 3 rings (SSSR count). The summed E-state index contributed by atoms with van der Waals surface area (Å²) in [6, 6.07) is 10.1. The molecule has 136 valence electrons. The van der Waals surface area contributed by atoms with Gasteiger partial charge in [0.2, 0.25) is 0 Å². The fourth-order valence-electron chi connectivity index (χ4n) is 2.88. The Kier molecular flexibility index (Phi) is 5.08. The molecule has 0 aliphatic rings. The number of nitrogens with one attached hydrogen (secondary N) is 1. The first-order valence-electron chi connectivity index (χ1n) is 8.41. The molecule has 0 saturated heterocycles. The molecule has 7 heteroatoms. The van der Waals surface area contributed by atoms with E-state index < -0.39 is 12.0 Å². The van der Waals surface area contributed by atoms with E-state index in [-0.39, 0.29) is 18.2 Å². The van der Waals surface area contributed by atoms with E-state index in [0.29, 0.717) is 4.88 Å². The van der Waals surface area contributed by atoms with Crippen molar-refractivity contribution in [3.05, 3.63) is 52.5 Å². The molecular formula is C19H21N3O3S. The Bertz CT molecular complexity index is 944. The largest absolute Gasteiger partial charge is 0.480 e. The number of carboxylic acids is 1. The van der Waals surface area contributed by atoms with Crippen LogP contribution in [0.5, 0.6) is 0 Å². The summed E-state index contributed by atoms with van der Waals surface area (Å²) in [5, 5.41) is 17.6. The van der Waals surface area contributed by atoms with Gasteiger partial charge in [0.1, 0.15) is 10.9 Å². The van der Waals surface area contributed by atoms with Crippen molar-refractivity contribution in [3.63, 3.8) is 0 Å². The average molecular weight is 371 g/mol. The predicted octanol–water partition coefficient (Wildman–Crippen LogP) is 3.18. The van der Waals surface area contributed by atoms with E-state index in [1.807, 2.05) is 37.4 Å². The molecule has 1 unspecified atom stereocenters. The fraction of sp³-hybridized carbons (Fsp3) is 0.316. The van der Waals surface area contributed by atoms with Crippen molar-refractivity contribution in [2.24, 2.45) is 7.05 Å². The molecule has 0 aliphatic carbocycles. The molecule has 2 N–H and O–H groups in total. The molecule has 0 radical (unpaired) electrons. The van der Waals surface area contributed by atoms with Gasteiger partial charge < -0.3 is 10.4 Å². The molecular weight excluding hydrogens is 350 g/mol. The van der Waals surface area contributed by atoms with Gasteiger partial charge in [-0.3, -0.25) is 9.48 Å². The number of carbonyl (C=O) groups excluding carboxylic acids is 1. The highest BCUT2D eigenvalue weighted by atomic mass is 32.1. The molecule has 0 spiro atoms. The number of fused-ring (bicyclic) bond motifs is 1. The highest BCUT2D eigenvalue weighted by molar-refractivity contribution is 7.20. The van der Waals surface area contributed by atoms with E-state index >= 15 is 0 Å². The maximum Gasteiger partial charge on any atom is 0.326 e. The summed E-state index contributed by atoms with van der Waals surface area (Å²) in [4.78, 5) is 25.6. The number of rotatable bonds is 6. The molecule has 3 aromatic rings. The van der Waals surface area contributed by atoms with E-state index in [2.05, 4.69) is 24.3 Å².